The molecule has 28 heavy (non-hydrogen) atoms. The first-order chi connectivity index (χ1) is 12.3. The normalized spacial score (nSPS) is 25.9. The Labute approximate surface area is 156 Å². The second-order valence-corrected chi connectivity index (χ2v) is 9.55. The maximum absolute atomic E-state index is 11.7. The van der Waals surface area contributed by atoms with E-state index in [2.05, 4.69) is 13.1 Å². The summed E-state index contributed by atoms with van der Waals surface area (Å²) in [6, 6.07) is 1.10. The number of phosphoric ester groups is 1. The zero-order chi connectivity index (χ0) is 20.5. The van der Waals surface area contributed by atoms with Crippen molar-refractivity contribution in [1.29, 1.82) is 0 Å². The summed E-state index contributed by atoms with van der Waals surface area (Å²) in [5.74, 6) is 0. The third-order valence-electron chi connectivity index (χ3n) is 3.08. The second kappa shape index (κ2) is 9.22. The summed E-state index contributed by atoms with van der Waals surface area (Å²) >= 11 is 0. The molecule has 0 aliphatic carbocycles. The molecule has 2 heterocycles. The van der Waals surface area contributed by atoms with E-state index in [9.17, 15) is 33.1 Å². The molecule has 1 aromatic rings. The van der Waals surface area contributed by atoms with Gasteiger partial charge in [-0.05, 0) is 12.8 Å². The first-order valence-corrected chi connectivity index (χ1v) is 11.5. The van der Waals surface area contributed by atoms with Crippen LogP contribution in [-0.2, 0) is 31.6 Å². The molecule has 0 radical (unpaired) electrons. The van der Waals surface area contributed by atoms with Gasteiger partial charge in [-0.2, -0.15) is 4.31 Å². The molecule has 1 aromatic heterocycles. The molecule has 0 bridgehead atoms. The van der Waals surface area contributed by atoms with Crippen LogP contribution in [-0.4, -0.2) is 36.9 Å². The molecular formula is C9H18N3O13P3. The van der Waals surface area contributed by atoms with E-state index in [1.54, 1.807) is 0 Å². The minimum absolute atomic E-state index is 0. The molecule has 1 fully saturated rings. The molecule has 0 amide bonds. The van der Waals surface area contributed by atoms with E-state index in [1.165, 1.54) is 6.20 Å². The number of nitrogens with zero attached hydrogens (tertiary/aromatic N) is 1. The van der Waals surface area contributed by atoms with E-state index in [0.717, 1.165) is 10.6 Å². The van der Waals surface area contributed by atoms with Crippen LogP contribution in [0, 0.1) is 0 Å². The Morgan fingerprint density at radius 3 is 2.39 bits per heavy atom. The van der Waals surface area contributed by atoms with Gasteiger partial charge in [-0.1, -0.05) is 0 Å². The molecule has 0 aromatic carbocycles. The highest BCUT2D eigenvalue weighted by Crippen LogP contribution is 2.65. The van der Waals surface area contributed by atoms with E-state index in [4.69, 9.17) is 14.5 Å². The van der Waals surface area contributed by atoms with Gasteiger partial charge in [0.25, 0.3) is 13.4 Å². The van der Waals surface area contributed by atoms with Gasteiger partial charge in [0.05, 0.1) is 12.7 Å². The summed E-state index contributed by atoms with van der Waals surface area (Å²) < 4.78 is 51.1. The van der Waals surface area contributed by atoms with Gasteiger partial charge in [-0.25, -0.2) is 18.2 Å². The number of aromatic amines is 1. The third kappa shape index (κ3) is 7.79. The Balaban J connectivity index is 0.00000392. The van der Waals surface area contributed by atoms with Gasteiger partial charge in [0.1, 0.15) is 6.23 Å². The van der Waals surface area contributed by atoms with Crippen molar-refractivity contribution in [3.8, 4) is 0 Å². The molecule has 0 saturated carbocycles. The lowest BCUT2D eigenvalue weighted by Gasteiger charge is -2.21. The minimum atomic E-state index is -5.72. The Hall–Kier alpha value is -0.990. The average Bonchev–Trinajstić information content (AvgIpc) is 2.90. The summed E-state index contributed by atoms with van der Waals surface area (Å²) in [6.45, 7) is -0.628. The Bertz CT molecular complexity index is 937. The fourth-order valence-electron chi connectivity index (χ4n) is 2.14. The zero-order valence-corrected chi connectivity index (χ0v) is 16.8. The summed E-state index contributed by atoms with van der Waals surface area (Å²) in [5, 5.41) is 0. The largest absolute Gasteiger partial charge is 0.756 e. The number of rotatable bonds is 8. The van der Waals surface area contributed by atoms with E-state index in [1.807, 2.05) is 4.98 Å². The van der Waals surface area contributed by atoms with Crippen molar-refractivity contribution in [2.75, 3.05) is 6.61 Å². The van der Waals surface area contributed by atoms with Crippen molar-refractivity contribution in [1.82, 2.24) is 15.7 Å². The van der Waals surface area contributed by atoms with Crippen LogP contribution < -0.4 is 22.3 Å². The first-order valence-electron chi connectivity index (χ1n) is 7.00. The lowest BCUT2D eigenvalue weighted by atomic mass is 10.2. The van der Waals surface area contributed by atoms with Gasteiger partial charge >= 0.3 is 21.3 Å². The van der Waals surface area contributed by atoms with Gasteiger partial charge < -0.3 is 30.5 Å². The number of quaternary nitrogens is 1. The topological polar surface area (TPSA) is 263 Å². The molecule has 1 aliphatic rings. The van der Waals surface area contributed by atoms with E-state index < -0.39 is 53.7 Å². The van der Waals surface area contributed by atoms with Crippen molar-refractivity contribution in [3.63, 3.8) is 0 Å². The van der Waals surface area contributed by atoms with Crippen LogP contribution in [0.2, 0.25) is 0 Å². The number of hydrogen-bond donors (Lipinski definition) is 5. The number of hydrogen-bond acceptors (Lipinski definition) is 10. The van der Waals surface area contributed by atoms with Crippen LogP contribution in [0.25, 0.3) is 0 Å². The van der Waals surface area contributed by atoms with Crippen LogP contribution in [0.4, 0.5) is 0 Å². The van der Waals surface area contributed by atoms with Gasteiger partial charge in [0.2, 0.25) is 0 Å². The average molecular weight is 469 g/mol. The lowest BCUT2D eigenvalue weighted by Crippen LogP contribution is -2.31. The molecule has 5 atom stereocenters. The summed E-state index contributed by atoms with van der Waals surface area (Å²) in [5.41, 5.74) is -1.33. The predicted molar refractivity (Wildman–Crippen MR) is 88.0 cm³/mol. The second-order valence-electron chi connectivity index (χ2n) is 5.17. The van der Waals surface area contributed by atoms with E-state index in [-0.39, 0.29) is 19.0 Å². The quantitative estimate of drug-likeness (QED) is 0.295. The third-order valence-corrected chi connectivity index (χ3v) is 6.86. The summed E-state index contributed by atoms with van der Waals surface area (Å²) in [4.78, 5) is 61.8. The summed E-state index contributed by atoms with van der Waals surface area (Å²) in [6.07, 6.45) is 0.0954. The molecule has 0 spiro atoms. The van der Waals surface area contributed by atoms with Crippen molar-refractivity contribution in [3.05, 3.63) is 33.1 Å². The zero-order valence-electron chi connectivity index (χ0n) is 14.1. The van der Waals surface area contributed by atoms with Gasteiger partial charge in [-0.15, -0.1) is 0 Å². The maximum atomic E-state index is 11.7. The van der Waals surface area contributed by atoms with Crippen LogP contribution in [0.5, 0.6) is 0 Å². The fourth-order valence-corrected chi connectivity index (χ4v) is 5.16. The number of phosphoric acid groups is 3. The Morgan fingerprint density at radius 1 is 1.18 bits per heavy atom. The maximum Gasteiger partial charge on any atom is 0.487 e. The van der Waals surface area contributed by atoms with E-state index in [0.29, 0.717) is 0 Å². The smallest absolute Gasteiger partial charge is 0.487 e. The highest BCUT2D eigenvalue weighted by Gasteiger charge is 2.39. The highest BCUT2D eigenvalue weighted by atomic mass is 31.3. The highest BCUT2D eigenvalue weighted by molar-refractivity contribution is 7.66. The Morgan fingerprint density at radius 2 is 1.82 bits per heavy atom. The SMILES string of the molecule is O=c1ccn([C@H]2CC[C@@H](COP(=O)(O)OP(=O)(O)OP(=O)([O-])O)O2)c(=O)[nH]1.[NH4+]. The fraction of sp³-hybridized carbons (Fsp3) is 0.556. The standard InChI is InChI=1S/C9H15N2O13P3.H3N/c12-7-3-4-11(9(13)10-7)8-2-1-6(22-8)5-21-26(17,18)24-27(19,20)23-25(14,15)16;/h3-4,6,8H,1-2,5H2,(H,17,18)(H,19,20)(H,10,12,13)(H2,14,15,16);1H3/t6-,8+;/m0./s1. The van der Waals surface area contributed by atoms with Crippen molar-refractivity contribution in [2.45, 2.75) is 25.2 Å². The van der Waals surface area contributed by atoms with Gasteiger partial charge in [0, 0.05) is 12.3 Å². The molecule has 3 unspecified atom stereocenters. The molecule has 8 N–H and O–H groups in total. The monoisotopic (exact) mass is 469 g/mol. The van der Waals surface area contributed by atoms with Crippen LogP contribution in [0.3, 0.4) is 0 Å². The summed E-state index contributed by atoms with van der Waals surface area (Å²) in [7, 11) is -16.6. The van der Waals surface area contributed by atoms with Crippen molar-refractivity contribution >= 4 is 23.5 Å². The number of nitrogens with one attached hydrogen (secondary N) is 1. The van der Waals surface area contributed by atoms with Gasteiger partial charge in [-0.3, -0.25) is 23.4 Å². The molecule has 2 rings (SSSR count). The molecular weight excluding hydrogens is 451 g/mol. The number of ether oxygens (including phenoxy) is 1. The van der Waals surface area contributed by atoms with Gasteiger partial charge in [0.15, 0.2) is 0 Å². The van der Waals surface area contributed by atoms with Crippen molar-refractivity contribution < 1.29 is 51.2 Å². The lowest BCUT2D eigenvalue weighted by molar-refractivity contribution is -0.212. The molecule has 1 saturated heterocycles. The number of aromatic nitrogens is 2. The Kier molecular flexibility index (Phi) is 8.25. The van der Waals surface area contributed by atoms with Crippen LogP contribution in [0.1, 0.15) is 19.1 Å². The molecule has 162 valence electrons. The number of H-pyrrole nitrogens is 1. The van der Waals surface area contributed by atoms with E-state index >= 15 is 0 Å². The van der Waals surface area contributed by atoms with Crippen LogP contribution in [0.15, 0.2) is 21.9 Å². The van der Waals surface area contributed by atoms with Crippen molar-refractivity contribution in [2.24, 2.45) is 0 Å². The molecule has 1 aliphatic heterocycles. The molecule has 19 heteroatoms. The predicted octanol–water partition coefficient (Wildman–Crippen LogP) is -0.698. The minimum Gasteiger partial charge on any atom is -0.756 e. The van der Waals surface area contributed by atoms with Crippen LogP contribution >= 0.6 is 23.5 Å². The molecule has 16 nitrogen and oxygen atoms in total. The first kappa shape index (κ1) is 25.0.